The third-order valence-corrected chi connectivity index (χ3v) is 5.08. The Morgan fingerprint density at radius 2 is 2.05 bits per heavy atom. The van der Waals surface area contributed by atoms with Crippen molar-refractivity contribution >= 4 is 21.8 Å². The monoisotopic (exact) mass is 343 g/mol. The summed E-state index contributed by atoms with van der Waals surface area (Å²) in [4.78, 5) is 12.1. The molecule has 1 aliphatic rings. The SMILES string of the molecule is CCc1ccccc1C(Br)c1ccc2c(c1)C(=O)NCC2. The number of amides is 1. The summed E-state index contributed by atoms with van der Waals surface area (Å²) in [7, 11) is 0. The number of benzene rings is 2. The van der Waals surface area contributed by atoms with Gasteiger partial charge in [-0.1, -0.05) is 59.3 Å². The van der Waals surface area contributed by atoms with Gasteiger partial charge in [0.25, 0.3) is 5.91 Å². The zero-order chi connectivity index (χ0) is 14.8. The highest BCUT2D eigenvalue weighted by molar-refractivity contribution is 9.09. The molecule has 0 bridgehead atoms. The van der Waals surface area contributed by atoms with E-state index in [-0.39, 0.29) is 10.7 Å². The summed E-state index contributed by atoms with van der Waals surface area (Å²) in [5, 5.41) is 2.91. The van der Waals surface area contributed by atoms with Gasteiger partial charge in [-0.05, 0) is 41.2 Å². The second-order valence-corrected chi connectivity index (χ2v) is 6.25. The molecule has 1 atom stereocenters. The van der Waals surface area contributed by atoms with Crippen LogP contribution in [0.4, 0.5) is 0 Å². The van der Waals surface area contributed by atoms with E-state index < -0.39 is 0 Å². The van der Waals surface area contributed by atoms with Crippen LogP contribution in [0.25, 0.3) is 0 Å². The number of alkyl halides is 1. The van der Waals surface area contributed by atoms with E-state index in [9.17, 15) is 4.79 Å². The summed E-state index contributed by atoms with van der Waals surface area (Å²) in [6.07, 6.45) is 1.92. The van der Waals surface area contributed by atoms with E-state index >= 15 is 0 Å². The van der Waals surface area contributed by atoms with Crippen molar-refractivity contribution in [1.82, 2.24) is 5.32 Å². The van der Waals surface area contributed by atoms with Crippen LogP contribution < -0.4 is 5.32 Å². The van der Waals surface area contributed by atoms with Crippen LogP contribution in [-0.4, -0.2) is 12.5 Å². The highest BCUT2D eigenvalue weighted by atomic mass is 79.9. The van der Waals surface area contributed by atoms with Crippen molar-refractivity contribution in [2.75, 3.05) is 6.54 Å². The summed E-state index contributed by atoms with van der Waals surface area (Å²) in [6, 6.07) is 14.7. The van der Waals surface area contributed by atoms with Gasteiger partial charge in [-0.25, -0.2) is 0 Å². The normalized spacial score (nSPS) is 15.2. The third kappa shape index (κ3) is 2.75. The fraction of sp³-hybridized carbons (Fsp3) is 0.278. The number of nitrogens with one attached hydrogen (secondary N) is 1. The van der Waals surface area contributed by atoms with Crippen LogP contribution in [0.2, 0.25) is 0 Å². The van der Waals surface area contributed by atoms with Gasteiger partial charge >= 0.3 is 0 Å². The molecule has 21 heavy (non-hydrogen) atoms. The predicted molar refractivity (Wildman–Crippen MR) is 89.1 cm³/mol. The number of fused-ring (bicyclic) bond motifs is 1. The molecule has 0 spiro atoms. The average Bonchev–Trinajstić information content (AvgIpc) is 2.54. The first-order valence-corrected chi connectivity index (χ1v) is 8.25. The van der Waals surface area contributed by atoms with Crippen molar-refractivity contribution in [3.05, 3.63) is 70.3 Å². The molecule has 0 aliphatic carbocycles. The molecule has 0 aromatic heterocycles. The summed E-state index contributed by atoms with van der Waals surface area (Å²) in [5.41, 5.74) is 5.70. The van der Waals surface area contributed by atoms with Gasteiger partial charge in [-0.2, -0.15) is 0 Å². The lowest BCUT2D eigenvalue weighted by Gasteiger charge is -2.20. The van der Waals surface area contributed by atoms with Gasteiger partial charge in [0.05, 0.1) is 4.83 Å². The molecule has 3 rings (SSSR count). The molecule has 1 amide bonds. The van der Waals surface area contributed by atoms with E-state index in [4.69, 9.17) is 0 Å². The zero-order valence-corrected chi connectivity index (χ0v) is 13.6. The van der Waals surface area contributed by atoms with Crippen LogP contribution >= 0.6 is 15.9 Å². The minimum absolute atomic E-state index is 0.0431. The summed E-state index contributed by atoms with van der Waals surface area (Å²) >= 11 is 3.80. The predicted octanol–water partition coefficient (Wildman–Crippen LogP) is 4.02. The Hall–Kier alpha value is -1.61. The van der Waals surface area contributed by atoms with Gasteiger partial charge in [0.15, 0.2) is 0 Å². The van der Waals surface area contributed by atoms with E-state index in [0.717, 1.165) is 36.1 Å². The molecule has 3 heteroatoms. The number of rotatable bonds is 3. The van der Waals surface area contributed by atoms with Crippen molar-refractivity contribution in [2.24, 2.45) is 0 Å². The molecule has 1 heterocycles. The second kappa shape index (κ2) is 6.02. The van der Waals surface area contributed by atoms with E-state index in [2.05, 4.69) is 64.6 Å². The molecule has 1 aliphatic heterocycles. The smallest absolute Gasteiger partial charge is 0.251 e. The Morgan fingerprint density at radius 1 is 1.24 bits per heavy atom. The maximum absolute atomic E-state index is 12.0. The van der Waals surface area contributed by atoms with Gasteiger partial charge < -0.3 is 5.32 Å². The Labute approximate surface area is 133 Å². The Morgan fingerprint density at radius 3 is 2.86 bits per heavy atom. The van der Waals surface area contributed by atoms with Crippen LogP contribution in [0.15, 0.2) is 42.5 Å². The van der Waals surface area contributed by atoms with Gasteiger partial charge in [-0.3, -0.25) is 4.79 Å². The molecular formula is C18H18BrNO. The van der Waals surface area contributed by atoms with Gasteiger partial charge in [0.2, 0.25) is 0 Å². The number of carbonyl (C=O) groups is 1. The second-order valence-electron chi connectivity index (χ2n) is 5.34. The first-order valence-electron chi connectivity index (χ1n) is 7.33. The van der Waals surface area contributed by atoms with Gasteiger partial charge in [-0.15, -0.1) is 0 Å². The van der Waals surface area contributed by atoms with Crippen LogP contribution in [0, 0.1) is 0 Å². The fourth-order valence-electron chi connectivity index (χ4n) is 2.87. The lowest BCUT2D eigenvalue weighted by Crippen LogP contribution is -2.31. The lowest BCUT2D eigenvalue weighted by molar-refractivity contribution is 0.0946. The maximum atomic E-state index is 12.0. The quantitative estimate of drug-likeness (QED) is 0.838. The van der Waals surface area contributed by atoms with Gasteiger partial charge in [0.1, 0.15) is 0 Å². The van der Waals surface area contributed by atoms with E-state index in [1.165, 1.54) is 11.1 Å². The number of hydrogen-bond acceptors (Lipinski definition) is 1. The molecule has 0 saturated heterocycles. The minimum Gasteiger partial charge on any atom is -0.352 e. The number of aryl methyl sites for hydroxylation is 1. The van der Waals surface area contributed by atoms with Crippen molar-refractivity contribution in [2.45, 2.75) is 24.6 Å². The maximum Gasteiger partial charge on any atom is 0.251 e. The summed E-state index contributed by atoms with van der Waals surface area (Å²) in [5.74, 6) is 0.0431. The molecule has 0 saturated carbocycles. The van der Waals surface area contributed by atoms with Crippen LogP contribution in [0.1, 0.15) is 44.4 Å². The van der Waals surface area contributed by atoms with Crippen molar-refractivity contribution in [1.29, 1.82) is 0 Å². The fourth-order valence-corrected chi connectivity index (χ4v) is 3.60. The molecule has 108 valence electrons. The van der Waals surface area contributed by atoms with Crippen LogP contribution in [0.5, 0.6) is 0 Å². The molecule has 2 aromatic rings. The van der Waals surface area contributed by atoms with Crippen molar-refractivity contribution in [3.8, 4) is 0 Å². The van der Waals surface area contributed by atoms with Crippen molar-refractivity contribution in [3.63, 3.8) is 0 Å². The first kappa shape index (κ1) is 14.3. The molecule has 2 aromatic carbocycles. The highest BCUT2D eigenvalue weighted by Gasteiger charge is 2.20. The standard InChI is InChI=1S/C18H18BrNO/c1-2-12-5-3-4-6-15(12)17(19)14-8-7-13-9-10-20-18(21)16(13)11-14/h3-8,11,17H,2,9-10H2,1H3,(H,20,21). The van der Waals surface area contributed by atoms with E-state index in [1.54, 1.807) is 0 Å². The van der Waals surface area contributed by atoms with Crippen molar-refractivity contribution < 1.29 is 4.79 Å². The highest BCUT2D eigenvalue weighted by Crippen LogP contribution is 2.34. The largest absolute Gasteiger partial charge is 0.352 e. The Kier molecular flexibility index (Phi) is 4.11. The van der Waals surface area contributed by atoms with E-state index in [0.29, 0.717) is 0 Å². The minimum atomic E-state index is 0.0431. The van der Waals surface area contributed by atoms with Gasteiger partial charge in [0, 0.05) is 12.1 Å². The Balaban J connectivity index is 2.00. The number of carbonyl (C=O) groups excluding carboxylic acids is 1. The lowest BCUT2D eigenvalue weighted by atomic mass is 9.93. The molecule has 1 N–H and O–H groups in total. The van der Waals surface area contributed by atoms with Crippen LogP contribution in [-0.2, 0) is 12.8 Å². The number of hydrogen-bond donors (Lipinski definition) is 1. The summed E-state index contributed by atoms with van der Waals surface area (Å²) < 4.78 is 0. The van der Waals surface area contributed by atoms with E-state index in [1.807, 2.05) is 6.07 Å². The average molecular weight is 344 g/mol. The Bertz CT molecular complexity index is 681. The molecule has 2 nitrogen and oxygen atoms in total. The summed E-state index contributed by atoms with van der Waals surface area (Å²) in [6.45, 7) is 2.90. The molecular weight excluding hydrogens is 326 g/mol. The third-order valence-electron chi connectivity index (χ3n) is 4.06. The molecule has 1 unspecified atom stereocenters. The zero-order valence-electron chi connectivity index (χ0n) is 12.0. The van der Waals surface area contributed by atoms with Crippen LogP contribution in [0.3, 0.4) is 0 Å². The molecule has 0 radical (unpaired) electrons. The molecule has 0 fully saturated rings. The number of halogens is 1. The topological polar surface area (TPSA) is 29.1 Å². The first-order chi connectivity index (χ1) is 10.2.